The second-order valence-corrected chi connectivity index (χ2v) is 12.9. The molecule has 220 valence electrons. The number of ether oxygens (including phenoxy) is 1. The minimum atomic E-state index is -4.19. The summed E-state index contributed by atoms with van der Waals surface area (Å²) >= 11 is 0. The van der Waals surface area contributed by atoms with Gasteiger partial charge < -0.3 is 9.22 Å². The summed E-state index contributed by atoms with van der Waals surface area (Å²) in [4.78, 5) is 13.2. The lowest BCUT2D eigenvalue weighted by Crippen LogP contribution is -2.50. The summed E-state index contributed by atoms with van der Waals surface area (Å²) in [6.07, 6.45) is 7.55. The van der Waals surface area contributed by atoms with Crippen molar-refractivity contribution in [3.05, 3.63) is 60.2 Å². The Morgan fingerprint density at radius 1 is 0.775 bits per heavy atom. The molecular formula is C33H48NO5S+. The number of benzene rings is 3. The van der Waals surface area contributed by atoms with Crippen LogP contribution in [0.4, 0.5) is 0 Å². The highest BCUT2D eigenvalue weighted by Crippen LogP contribution is 2.29. The molecule has 6 nitrogen and oxygen atoms in total. The number of esters is 1. The van der Waals surface area contributed by atoms with Crippen LogP contribution in [0.3, 0.4) is 0 Å². The summed E-state index contributed by atoms with van der Waals surface area (Å²) in [5, 5.41) is 2.76. The van der Waals surface area contributed by atoms with Gasteiger partial charge in [0.2, 0.25) is 0 Å². The molecule has 3 aromatic rings. The van der Waals surface area contributed by atoms with Crippen molar-refractivity contribution < 1.29 is 27.0 Å². The lowest BCUT2D eigenvalue weighted by Gasteiger charge is -2.39. The van der Waals surface area contributed by atoms with Gasteiger partial charge in [0, 0.05) is 0 Å². The number of hydrogen-bond acceptors (Lipinski definition) is 4. The van der Waals surface area contributed by atoms with E-state index in [1.54, 1.807) is 0 Å². The predicted molar refractivity (Wildman–Crippen MR) is 165 cm³/mol. The lowest BCUT2D eigenvalue weighted by atomic mass is 9.97. The Kier molecular flexibility index (Phi) is 12.4. The molecule has 0 bridgehead atoms. The fraction of sp³-hybridized carbons (Fsp3) is 0.545. The normalized spacial score (nSPS) is 13.1. The molecule has 0 saturated heterocycles. The Hall–Kier alpha value is -2.48. The van der Waals surface area contributed by atoms with Gasteiger partial charge in [-0.15, -0.1) is 0 Å². The van der Waals surface area contributed by atoms with Crippen LogP contribution in [0.25, 0.3) is 21.5 Å². The van der Waals surface area contributed by atoms with Crippen molar-refractivity contribution in [2.75, 3.05) is 32.8 Å². The van der Waals surface area contributed by atoms with Crippen LogP contribution in [0.1, 0.15) is 88.9 Å². The van der Waals surface area contributed by atoms with E-state index in [4.69, 9.17) is 4.74 Å². The molecule has 0 amide bonds. The molecule has 0 aliphatic rings. The quantitative estimate of drug-likeness (QED) is 0.0555. The zero-order chi connectivity index (χ0) is 29.0. The molecule has 0 aromatic heterocycles. The van der Waals surface area contributed by atoms with E-state index in [-0.39, 0.29) is 13.0 Å². The van der Waals surface area contributed by atoms with E-state index < -0.39 is 21.3 Å². The van der Waals surface area contributed by atoms with Crippen LogP contribution in [0.15, 0.2) is 54.6 Å². The van der Waals surface area contributed by atoms with Gasteiger partial charge in [-0.05, 0) is 72.6 Å². The van der Waals surface area contributed by atoms with Gasteiger partial charge in [0.15, 0.2) is 0 Å². The van der Waals surface area contributed by atoms with Gasteiger partial charge in [-0.3, -0.25) is 4.55 Å². The van der Waals surface area contributed by atoms with Crippen LogP contribution in [0.5, 0.6) is 0 Å². The standard InChI is InChI=1S/C33H47NO5S/c1-4-7-22-34(21-6-3,23-8-5-2)24-13-17-29(40(36,37)38)18-14-25-39-33(35)32-30-19-11-9-15-27(30)26-28-16-10-12-20-31(28)32/h9-12,15-16,19-20,26,29H,4-8,13-14,17-18,21-25H2,1-3H3/p+1. The zero-order valence-electron chi connectivity index (χ0n) is 24.6. The summed E-state index contributed by atoms with van der Waals surface area (Å²) in [6.45, 7) is 11.0. The minimum Gasteiger partial charge on any atom is -0.462 e. The molecule has 3 rings (SSSR count). The maximum absolute atomic E-state index is 13.2. The molecule has 7 heteroatoms. The van der Waals surface area contributed by atoms with Gasteiger partial charge in [0.25, 0.3) is 10.1 Å². The molecule has 0 fully saturated rings. The van der Waals surface area contributed by atoms with Crippen LogP contribution >= 0.6 is 0 Å². The van der Waals surface area contributed by atoms with Crippen molar-refractivity contribution in [2.24, 2.45) is 0 Å². The largest absolute Gasteiger partial charge is 0.462 e. The number of carbonyl (C=O) groups excluding carboxylic acids is 1. The Morgan fingerprint density at radius 3 is 1.82 bits per heavy atom. The van der Waals surface area contributed by atoms with E-state index in [0.29, 0.717) is 18.4 Å². The third kappa shape index (κ3) is 8.76. The van der Waals surface area contributed by atoms with E-state index in [0.717, 1.165) is 77.9 Å². The molecule has 0 saturated carbocycles. The number of unbranched alkanes of at least 4 members (excludes halogenated alkanes) is 2. The predicted octanol–water partition coefficient (Wildman–Crippen LogP) is 7.79. The van der Waals surface area contributed by atoms with Crippen molar-refractivity contribution in [2.45, 2.75) is 83.8 Å². The summed E-state index contributed by atoms with van der Waals surface area (Å²) < 4.78 is 41.2. The molecule has 1 N–H and O–H groups in total. The lowest BCUT2D eigenvalue weighted by molar-refractivity contribution is -0.929. The minimum absolute atomic E-state index is 0.102. The average Bonchev–Trinajstić information content (AvgIpc) is 2.94. The summed E-state index contributed by atoms with van der Waals surface area (Å²) in [6, 6.07) is 17.6. The maximum atomic E-state index is 13.2. The van der Waals surface area contributed by atoms with Gasteiger partial charge >= 0.3 is 5.97 Å². The monoisotopic (exact) mass is 570 g/mol. The number of nitrogens with zero attached hydrogens (tertiary/aromatic N) is 1. The third-order valence-corrected chi connectivity index (χ3v) is 9.44. The van der Waals surface area contributed by atoms with Crippen LogP contribution in [-0.4, -0.2) is 61.5 Å². The molecule has 0 heterocycles. The highest BCUT2D eigenvalue weighted by atomic mass is 32.2. The van der Waals surface area contributed by atoms with Crippen LogP contribution < -0.4 is 0 Å². The van der Waals surface area contributed by atoms with E-state index >= 15 is 0 Å². The average molecular weight is 571 g/mol. The van der Waals surface area contributed by atoms with Crippen LogP contribution in [0, 0.1) is 0 Å². The van der Waals surface area contributed by atoms with Gasteiger partial charge in [-0.25, -0.2) is 4.79 Å². The fourth-order valence-corrected chi connectivity index (χ4v) is 6.94. The van der Waals surface area contributed by atoms with Gasteiger partial charge in [0.05, 0.1) is 43.6 Å². The first-order chi connectivity index (χ1) is 19.2. The Morgan fingerprint density at radius 2 is 1.30 bits per heavy atom. The van der Waals surface area contributed by atoms with Crippen LogP contribution in [-0.2, 0) is 14.9 Å². The first-order valence-corrected chi connectivity index (χ1v) is 16.6. The summed E-state index contributed by atoms with van der Waals surface area (Å²) in [7, 11) is -4.19. The summed E-state index contributed by atoms with van der Waals surface area (Å²) in [5.74, 6) is -0.412. The fourth-order valence-electron chi connectivity index (χ4n) is 6.01. The molecule has 0 spiro atoms. The highest BCUT2D eigenvalue weighted by molar-refractivity contribution is 7.86. The number of hydrogen-bond donors (Lipinski definition) is 1. The highest BCUT2D eigenvalue weighted by Gasteiger charge is 2.28. The topological polar surface area (TPSA) is 80.7 Å². The number of quaternary nitrogens is 1. The van der Waals surface area contributed by atoms with Crippen molar-refractivity contribution in [3.8, 4) is 0 Å². The molecular weight excluding hydrogens is 522 g/mol. The Bertz CT molecular complexity index is 1280. The van der Waals surface area contributed by atoms with Crippen molar-refractivity contribution in [1.82, 2.24) is 0 Å². The smallest absolute Gasteiger partial charge is 0.339 e. The van der Waals surface area contributed by atoms with Crippen LogP contribution in [0.2, 0.25) is 0 Å². The summed E-state index contributed by atoms with van der Waals surface area (Å²) in [5.41, 5.74) is 0.532. The SMILES string of the molecule is CCCC[N+](CCC)(CCCC)CCCC(CCCOC(=O)c1c2ccccc2cc2ccccc12)S(=O)(=O)O. The Labute approximate surface area is 241 Å². The van der Waals surface area contributed by atoms with Gasteiger partial charge in [-0.1, -0.05) is 82.1 Å². The molecule has 3 aromatic carbocycles. The van der Waals surface area contributed by atoms with Gasteiger partial charge in [0.1, 0.15) is 0 Å². The van der Waals surface area contributed by atoms with Gasteiger partial charge in [-0.2, -0.15) is 8.42 Å². The molecule has 1 atom stereocenters. The molecule has 0 radical (unpaired) electrons. The van der Waals surface area contributed by atoms with Crippen molar-refractivity contribution in [3.63, 3.8) is 0 Å². The molecule has 40 heavy (non-hydrogen) atoms. The maximum Gasteiger partial charge on any atom is 0.339 e. The number of rotatable bonds is 18. The van der Waals surface area contributed by atoms with E-state index in [9.17, 15) is 17.8 Å². The third-order valence-electron chi connectivity index (χ3n) is 8.13. The van der Waals surface area contributed by atoms with E-state index in [1.165, 1.54) is 12.8 Å². The first kappa shape index (κ1) is 32.0. The van der Waals surface area contributed by atoms with E-state index in [1.807, 2.05) is 48.5 Å². The molecule has 0 aliphatic carbocycles. The van der Waals surface area contributed by atoms with E-state index in [2.05, 4.69) is 26.8 Å². The number of carbonyl (C=O) groups is 1. The Balaban J connectivity index is 1.62. The first-order valence-electron chi connectivity index (χ1n) is 15.1. The molecule has 1 unspecified atom stereocenters. The zero-order valence-corrected chi connectivity index (χ0v) is 25.4. The second kappa shape index (κ2) is 15.5. The number of fused-ring (bicyclic) bond motifs is 2. The van der Waals surface area contributed by atoms with Crippen molar-refractivity contribution in [1.29, 1.82) is 0 Å². The molecule has 0 aliphatic heterocycles. The second-order valence-electron chi connectivity index (χ2n) is 11.2. The van der Waals surface area contributed by atoms with Crippen molar-refractivity contribution >= 4 is 37.6 Å².